The van der Waals surface area contributed by atoms with Crippen molar-refractivity contribution in [1.82, 2.24) is 14.9 Å². The van der Waals surface area contributed by atoms with Gasteiger partial charge in [0.05, 0.1) is 24.2 Å². The Morgan fingerprint density at radius 1 is 1.30 bits per heavy atom. The number of aryl methyl sites for hydroxylation is 1. The van der Waals surface area contributed by atoms with E-state index in [0.717, 1.165) is 36.8 Å². The third-order valence-corrected chi connectivity index (χ3v) is 4.24. The van der Waals surface area contributed by atoms with Gasteiger partial charge in [-0.3, -0.25) is 14.6 Å². The number of pyridine rings is 2. The van der Waals surface area contributed by atoms with Crippen molar-refractivity contribution in [3.05, 3.63) is 40.9 Å². The summed E-state index contributed by atoms with van der Waals surface area (Å²) in [4.78, 5) is 28.1. The molecule has 6 nitrogen and oxygen atoms in total. The summed E-state index contributed by atoms with van der Waals surface area (Å²) < 4.78 is 7.04. The SMILES string of the molecule is O=C(OCCCn1c(=O)ccc2ccncc21)C1CCNCC1. The molecule has 0 amide bonds. The molecule has 0 bridgehead atoms. The standard InChI is InChI=1S/C17H21N3O3/c21-16-3-2-13-4-9-19-12-15(13)20(16)10-1-11-23-17(22)14-5-7-18-8-6-14/h2-4,9,12,14,18H,1,5-8,10-11H2. The molecular weight excluding hydrogens is 294 g/mol. The van der Waals surface area contributed by atoms with Gasteiger partial charge >= 0.3 is 5.97 Å². The summed E-state index contributed by atoms with van der Waals surface area (Å²) in [6, 6.07) is 5.23. The minimum Gasteiger partial charge on any atom is -0.465 e. The lowest BCUT2D eigenvalue weighted by atomic mass is 9.99. The number of rotatable bonds is 5. The molecule has 23 heavy (non-hydrogen) atoms. The van der Waals surface area contributed by atoms with Crippen molar-refractivity contribution in [2.75, 3.05) is 19.7 Å². The predicted molar refractivity (Wildman–Crippen MR) is 87.2 cm³/mol. The fraction of sp³-hybridized carbons (Fsp3) is 0.471. The molecule has 0 aromatic carbocycles. The summed E-state index contributed by atoms with van der Waals surface area (Å²) in [5, 5.41) is 4.21. The summed E-state index contributed by atoms with van der Waals surface area (Å²) in [6.07, 6.45) is 5.70. The topological polar surface area (TPSA) is 73.2 Å². The molecule has 2 aromatic heterocycles. The maximum atomic E-state index is 12.0. The number of piperidine rings is 1. The molecule has 1 aliphatic heterocycles. The third kappa shape index (κ3) is 3.76. The number of hydrogen-bond donors (Lipinski definition) is 1. The molecular formula is C17H21N3O3. The van der Waals surface area contributed by atoms with E-state index in [2.05, 4.69) is 10.3 Å². The van der Waals surface area contributed by atoms with Gasteiger partial charge in [0.15, 0.2) is 0 Å². The molecule has 6 heteroatoms. The summed E-state index contributed by atoms with van der Waals surface area (Å²) in [5.74, 6) is -0.0980. The van der Waals surface area contributed by atoms with Gasteiger partial charge in [0, 0.05) is 24.2 Å². The van der Waals surface area contributed by atoms with Crippen molar-refractivity contribution < 1.29 is 9.53 Å². The van der Waals surface area contributed by atoms with Crippen molar-refractivity contribution in [3.8, 4) is 0 Å². The van der Waals surface area contributed by atoms with Crippen LogP contribution in [0.25, 0.3) is 10.9 Å². The van der Waals surface area contributed by atoms with Gasteiger partial charge in [-0.1, -0.05) is 0 Å². The Bertz CT molecular complexity index is 735. The zero-order valence-electron chi connectivity index (χ0n) is 13.0. The molecule has 122 valence electrons. The minimum atomic E-state index is -0.113. The second kappa shape index (κ2) is 7.37. The Morgan fingerprint density at radius 3 is 2.96 bits per heavy atom. The zero-order valence-corrected chi connectivity index (χ0v) is 13.0. The molecule has 1 aliphatic rings. The van der Waals surface area contributed by atoms with Gasteiger partial charge < -0.3 is 14.6 Å². The minimum absolute atomic E-state index is 0.0146. The number of nitrogens with zero attached hydrogens (tertiary/aromatic N) is 2. The average molecular weight is 315 g/mol. The normalized spacial score (nSPS) is 15.7. The first-order valence-corrected chi connectivity index (χ1v) is 8.06. The Hall–Kier alpha value is -2.21. The third-order valence-electron chi connectivity index (χ3n) is 4.24. The lowest BCUT2D eigenvalue weighted by Gasteiger charge is -2.21. The number of aromatic nitrogens is 2. The van der Waals surface area contributed by atoms with E-state index in [4.69, 9.17) is 4.74 Å². The van der Waals surface area contributed by atoms with Crippen LogP contribution < -0.4 is 10.9 Å². The van der Waals surface area contributed by atoms with Crippen LogP contribution >= 0.6 is 0 Å². The summed E-state index contributed by atoms with van der Waals surface area (Å²) in [6.45, 7) is 2.60. The van der Waals surface area contributed by atoms with E-state index in [1.54, 1.807) is 29.1 Å². The van der Waals surface area contributed by atoms with E-state index in [1.807, 2.05) is 6.07 Å². The molecule has 0 atom stereocenters. The first kappa shape index (κ1) is 15.7. The average Bonchev–Trinajstić information content (AvgIpc) is 2.60. The van der Waals surface area contributed by atoms with Crippen LogP contribution in [0.15, 0.2) is 35.4 Å². The molecule has 1 saturated heterocycles. The van der Waals surface area contributed by atoms with Crippen LogP contribution in [0, 0.1) is 5.92 Å². The summed E-state index contributed by atoms with van der Waals surface area (Å²) >= 11 is 0. The van der Waals surface area contributed by atoms with Crippen molar-refractivity contribution >= 4 is 16.9 Å². The monoisotopic (exact) mass is 315 g/mol. The molecule has 0 unspecified atom stereocenters. The second-order valence-electron chi connectivity index (χ2n) is 5.80. The number of carbonyl (C=O) groups excluding carboxylic acids is 1. The quantitative estimate of drug-likeness (QED) is 0.665. The van der Waals surface area contributed by atoms with Crippen LogP contribution in [0.5, 0.6) is 0 Å². The van der Waals surface area contributed by atoms with Crippen LogP contribution in [0.2, 0.25) is 0 Å². The highest BCUT2D eigenvalue weighted by Gasteiger charge is 2.21. The van der Waals surface area contributed by atoms with Crippen molar-refractivity contribution in [2.24, 2.45) is 5.92 Å². The number of carbonyl (C=O) groups is 1. The van der Waals surface area contributed by atoms with Crippen LogP contribution in [-0.2, 0) is 16.1 Å². The lowest BCUT2D eigenvalue weighted by Crippen LogP contribution is -2.33. The molecule has 3 heterocycles. The van der Waals surface area contributed by atoms with Gasteiger partial charge in [-0.25, -0.2) is 0 Å². The zero-order chi connectivity index (χ0) is 16.1. The van der Waals surface area contributed by atoms with Crippen molar-refractivity contribution in [1.29, 1.82) is 0 Å². The maximum Gasteiger partial charge on any atom is 0.309 e. The van der Waals surface area contributed by atoms with Gasteiger partial charge in [0.2, 0.25) is 0 Å². The molecule has 1 fully saturated rings. The summed E-state index contributed by atoms with van der Waals surface area (Å²) in [7, 11) is 0. The van der Waals surface area contributed by atoms with E-state index in [1.165, 1.54) is 0 Å². The number of hydrogen-bond acceptors (Lipinski definition) is 5. The Morgan fingerprint density at radius 2 is 2.13 bits per heavy atom. The molecule has 0 aliphatic carbocycles. The van der Waals surface area contributed by atoms with Gasteiger partial charge in [0.25, 0.3) is 5.56 Å². The van der Waals surface area contributed by atoms with Crippen LogP contribution in [0.3, 0.4) is 0 Å². The largest absolute Gasteiger partial charge is 0.465 e. The molecule has 0 spiro atoms. The van der Waals surface area contributed by atoms with E-state index < -0.39 is 0 Å². The predicted octanol–water partition coefficient (Wildman–Crippen LogP) is 1.33. The van der Waals surface area contributed by atoms with E-state index >= 15 is 0 Å². The van der Waals surface area contributed by atoms with Gasteiger partial charge in [0.1, 0.15) is 0 Å². The Labute approximate surface area is 134 Å². The van der Waals surface area contributed by atoms with E-state index in [0.29, 0.717) is 19.6 Å². The Kier molecular flexibility index (Phi) is 5.02. The smallest absolute Gasteiger partial charge is 0.309 e. The van der Waals surface area contributed by atoms with Crippen molar-refractivity contribution in [3.63, 3.8) is 0 Å². The molecule has 3 rings (SSSR count). The highest BCUT2D eigenvalue weighted by molar-refractivity contribution is 5.77. The van der Waals surface area contributed by atoms with E-state index in [9.17, 15) is 9.59 Å². The molecule has 2 aromatic rings. The fourth-order valence-corrected chi connectivity index (χ4v) is 2.93. The first-order valence-electron chi connectivity index (χ1n) is 8.06. The van der Waals surface area contributed by atoms with Gasteiger partial charge in [-0.15, -0.1) is 0 Å². The Balaban J connectivity index is 1.56. The lowest BCUT2D eigenvalue weighted by molar-refractivity contribution is -0.149. The van der Waals surface area contributed by atoms with E-state index in [-0.39, 0.29) is 17.4 Å². The number of nitrogens with one attached hydrogen (secondary N) is 1. The first-order chi connectivity index (χ1) is 11.3. The maximum absolute atomic E-state index is 12.0. The van der Waals surface area contributed by atoms with Gasteiger partial charge in [-0.2, -0.15) is 0 Å². The van der Waals surface area contributed by atoms with Crippen molar-refractivity contribution in [2.45, 2.75) is 25.8 Å². The van der Waals surface area contributed by atoms with Gasteiger partial charge in [-0.05, 0) is 44.5 Å². The summed E-state index contributed by atoms with van der Waals surface area (Å²) in [5.41, 5.74) is 0.750. The number of esters is 1. The molecule has 0 saturated carbocycles. The number of ether oxygens (including phenoxy) is 1. The highest BCUT2D eigenvalue weighted by Crippen LogP contribution is 2.14. The number of fused-ring (bicyclic) bond motifs is 1. The highest BCUT2D eigenvalue weighted by atomic mass is 16.5. The van der Waals surface area contributed by atoms with Crippen LogP contribution in [-0.4, -0.2) is 35.2 Å². The second-order valence-corrected chi connectivity index (χ2v) is 5.80. The molecule has 0 radical (unpaired) electrons. The van der Waals surface area contributed by atoms with Crippen LogP contribution in [0.1, 0.15) is 19.3 Å². The molecule has 1 N–H and O–H groups in total. The fourth-order valence-electron chi connectivity index (χ4n) is 2.93. The van der Waals surface area contributed by atoms with Crippen LogP contribution in [0.4, 0.5) is 0 Å².